The van der Waals surface area contributed by atoms with Crippen molar-refractivity contribution in [2.45, 2.75) is 20.3 Å². The first-order valence-electron chi connectivity index (χ1n) is 6.47. The standard InChI is InChI=1S/C14H22N2O2/c1-3-10-16(4-2)11-9-15-14(18)12-7-5-6-8-13(12)17/h5-8,17H,3-4,9-11H2,1-2H3,(H,15,18). The van der Waals surface area contributed by atoms with Gasteiger partial charge in [-0.15, -0.1) is 0 Å². The van der Waals surface area contributed by atoms with Gasteiger partial charge in [-0.3, -0.25) is 4.79 Å². The smallest absolute Gasteiger partial charge is 0.255 e. The number of amides is 1. The van der Waals surface area contributed by atoms with Gasteiger partial charge in [0, 0.05) is 13.1 Å². The summed E-state index contributed by atoms with van der Waals surface area (Å²) in [5.74, 6) is -0.198. The molecule has 0 aromatic heterocycles. The molecule has 0 bridgehead atoms. The second-order valence-electron chi connectivity index (χ2n) is 4.21. The van der Waals surface area contributed by atoms with Crippen LogP contribution in [-0.2, 0) is 0 Å². The van der Waals surface area contributed by atoms with E-state index in [0.717, 1.165) is 26.1 Å². The first kappa shape index (κ1) is 14.5. The van der Waals surface area contributed by atoms with E-state index in [9.17, 15) is 9.90 Å². The van der Waals surface area contributed by atoms with Crippen LogP contribution in [-0.4, -0.2) is 42.1 Å². The van der Waals surface area contributed by atoms with E-state index in [1.165, 1.54) is 6.07 Å². The van der Waals surface area contributed by atoms with E-state index in [4.69, 9.17) is 0 Å². The summed E-state index contributed by atoms with van der Waals surface area (Å²) in [7, 11) is 0. The van der Waals surface area contributed by atoms with Gasteiger partial charge in [-0.1, -0.05) is 26.0 Å². The van der Waals surface area contributed by atoms with Crippen LogP contribution < -0.4 is 5.32 Å². The first-order valence-corrected chi connectivity index (χ1v) is 6.47. The number of nitrogens with one attached hydrogen (secondary N) is 1. The van der Waals surface area contributed by atoms with Crippen molar-refractivity contribution in [1.29, 1.82) is 0 Å². The largest absolute Gasteiger partial charge is 0.507 e. The zero-order chi connectivity index (χ0) is 13.4. The highest BCUT2D eigenvalue weighted by Crippen LogP contribution is 2.14. The van der Waals surface area contributed by atoms with Crippen LogP contribution in [0.25, 0.3) is 0 Å². The first-order chi connectivity index (χ1) is 8.69. The normalized spacial score (nSPS) is 10.6. The number of likely N-dealkylation sites (N-methyl/N-ethyl adjacent to an activating group) is 1. The Labute approximate surface area is 109 Å². The van der Waals surface area contributed by atoms with Crippen molar-refractivity contribution >= 4 is 5.91 Å². The maximum Gasteiger partial charge on any atom is 0.255 e. The molecule has 1 rings (SSSR count). The van der Waals surface area contributed by atoms with Gasteiger partial charge in [0.1, 0.15) is 5.75 Å². The molecular formula is C14H22N2O2. The maximum atomic E-state index is 11.8. The third-order valence-corrected chi connectivity index (χ3v) is 2.85. The van der Waals surface area contributed by atoms with Gasteiger partial charge in [0.25, 0.3) is 5.91 Å². The molecule has 0 aliphatic carbocycles. The summed E-state index contributed by atoms with van der Waals surface area (Å²) in [6.07, 6.45) is 1.11. The Bertz CT molecular complexity index is 380. The molecule has 18 heavy (non-hydrogen) atoms. The summed E-state index contributed by atoms with van der Waals surface area (Å²) < 4.78 is 0. The molecular weight excluding hydrogens is 228 g/mol. The number of rotatable bonds is 7. The second-order valence-corrected chi connectivity index (χ2v) is 4.21. The maximum absolute atomic E-state index is 11.8. The molecule has 0 atom stereocenters. The van der Waals surface area contributed by atoms with Gasteiger partial charge in [0.15, 0.2) is 0 Å². The summed E-state index contributed by atoms with van der Waals surface area (Å²) in [6.45, 7) is 7.72. The number of hydrogen-bond acceptors (Lipinski definition) is 3. The van der Waals surface area contributed by atoms with Crippen molar-refractivity contribution in [2.24, 2.45) is 0 Å². The van der Waals surface area contributed by atoms with Gasteiger partial charge in [0.05, 0.1) is 5.56 Å². The number of nitrogens with zero attached hydrogens (tertiary/aromatic N) is 1. The number of carbonyl (C=O) groups excluding carboxylic acids is 1. The SMILES string of the molecule is CCCN(CC)CCNC(=O)c1ccccc1O. The minimum atomic E-state index is -0.222. The number of hydrogen-bond donors (Lipinski definition) is 2. The molecule has 0 fully saturated rings. The van der Waals surface area contributed by atoms with Crippen molar-refractivity contribution in [3.63, 3.8) is 0 Å². The molecule has 0 saturated heterocycles. The lowest BCUT2D eigenvalue weighted by Crippen LogP contribution is -2.35. The van der Waals surface area contributed by atoms with Gasteiger partial charge >= 0.3 is 0 Å². The molecule has 2 N–H and O–H groups in total. The second kappa shape index (κ2) is 7.71. The lowest BCUT2D eigenvalue weighted by Gasteiger charge is -2.19. The molecule has 1 aromatic carbocycles. The zero-order valence-electron chi connectivity index (χ0n) is 11.1. The quantitative estimate of drug-likeness (QED) is 0.776. The molecule has 4 nitrogen and oxygen atoms in total. The highest BCUT2D eigenvalue weighted by atomic mass is 16.3. The van der Waals surface area contributed by atoms with E-state index < -0.39 is 0 Å². The lowest BCUT2D eigenvalue weighted by molar-refractivity contribution is 0.0946. The third-order valence-electron chi connectivity index (χ3n) is 2.85. The molecule has 4 heteroatoms. The lowest BCUT2D eigenvalue weighted by atomic mass is 10.2. The van der Waals surface area contributed by atoms with Crippen molar-refractivity contribution in [2.75, 3.05) is 26.2 Å². The van der Waals surface area contributed by atoms with Crippen LogP contribution in [0.3, 0.4) is 0 Å². The van der Waals surface area contributed by atoms with Gasteiger partial charge in [0.2, 0.25) is 0 Å². The fourth-order valence-electron chi connectivity index (χ4n) is 1.83. The number of phenols is 1. The Kier molecular flexibility index (Phi) is 6.22. The number of para-hydroxylation sites is 1. The van der Waals surface area contributed by atoms with Crippen LogP contribution in [0.1, 0.15) is 30.6 Å². The molecule has 0 radical (unpaired) electrons. The van der Waals surface area contributed by atoms with Crippen molar-refractivity contribution in [3.8, 4) is 5.75 Å². The molecule has 1 amide bonds. The van der Waals surface area contributed by atoms with E-state index in [2.05, 4.69) is 24.1 Å². The summed E-state index contributed by atoms with van der Waals surface area (Å²) in [4.78, 5) is 14.1. The predicted octanol–water partition coefficient (Wildman–Crippen LogP) is 1.85. The summed E-state index contributed by atoms with van der Waals surface area (Å²) >= 11 is 0. The summed E-state index contributed by atoms with van der Waals surface area (Å²) in [5, 5.41) is 12.4. The third kappa shape index (κ3) is 4.37. The summed E-state index contributed by atoms with van der Waals surface area (Å²) in [5.41, 5.74) is 0.330. The van der Waals surface area contributed by atoms with Gasteiger partial charge < -0.3 is 15.3 Å². The average Bonchev–Trinajstić information content (AvgIpc) is 2.38. The molecule has 0 aliphatic heterocycles. The Morgan fingerprint density at radius 1 is 1.28 bits per heavy atom. The molecule has 100 valence electrons. The number of benzene rings is 1. The molecule has 0 aliphatic rings. The van der Waals surface area contributed by atoms with E-state index in [0.29, 0.717) is 12.1 Å². The van der Waals surface area contributed by atoms with E-state index in [1.54, 1.807) is 18.2 Å². The Morgan fingerprint density at radius 3 is 2.61 bits per heavy atom. The Morgan fingerprint density at radius 2 is 2.00 bits per heavy atom. The Hall–Kier alpha value is -1.55. The van der Waals surface area contributed by atoms with Crippen LogP contribution in [0, 0.1) is 0 Å². The minimum absolute atomic E-state index is 0.0240. The van der Waals surface area contributed by atoms with E-state index in [1.807, 2.05) is 0 Å². The number of aromatic hydroxyl groups is 1. The molecule has 0 heterocycles. The van der Waals surface area contributed by atoms with Crippen LogP contribution >= 0.6 is 0 Å². The topological polar surface area (TPSA) is 52.6 Å². The fraction of sp³-hybridized carbons (Fsp3) is 0.500. The highest BCUT2D eigenvalue weighted by molar-refractivity contribution is 5.96. The van der Waals surface area contributed by atoms with Gasteiger partial charge in [-0.2, -0.15) is 0 Å². The molecule has 0 unspecified atom stereocenters. The fourth-order valence-corrected chi connectivity index (χ4v) is 1.83. The van der Waals surface area contributed by atoms with Crippen molar-refractivity contribution < 1.29 is 9.90 Å². The Balaban J connectivity index is 2.40. The number of phenolic OH excluding ortho intramolecular Hbond substituents is 1. The average molecular weight is 250 g/mol. The van der Waals surface area contributed by atoms with E-state index in [-0.39, 0.29) is 11.7 Å². The minimum Gasteiger partial charge on any atom is -0.507 e. The van der Waals surface area contributed by atoms with Crippen molar-refractivity contribution in [1.82, 2.24) is 10.2 Å². The highest BCUT2D eigenvalue weighted by Gasteiger charge is 2.09. The molecule has 0 saturated carbocycles. The van der Waals surface area contributed by atoms with E-state index >= 15 is 0 Å². The molecule has 0 spiro atoms. The van der Waals surface area contributed by atoms with Gasteiger partial charge in [-0.05, 0) is 31.6 Å². The van der Waals surface area contributed by atoms with Crippen LogP contribution in [0.15, 0.2) is 24.3 Å². The van der Waals surface area contributed by atoms with Crippen molar-refractivity contribution in [3.05, 3.63) is 29.8 Å². The summed E-state index contributed by atoms with van der Waals surface area (Å²) in [6, 6.07) is 6.58. The predicted molar refractivity (Wildman–Crippen MR) is 72.8 cm³/mol. The van der Waals surface area contributed by atoms with Crippen LogP contribution in [0.5, 0.6) is 5.75 Å². The van der Waals surface area contributed by atoms with Crippen LogP contribution in [0.4, 0.5) is 0 Å². The molecule has 1 aromatic rings. The number of carbonyl (C=O) groups is 1. The monoisotopic (exact) mass is 250 g/mol. The zero-order valence-corrected chi connectivity index (χ0v) is 11.1. The van der Waals surface area contributed by atoms with Crippen LogP contribution in [0.2, 0.25) is 0 Å². The van der Waals surface area contributed by atoms with Gasteiger partial charge in [-0.25, -0.2) is 0 Å².